The minimum Gasteiger partial charge on any atom is -0.469 e. The number of aryl methyl sites for hydroxylation is 1. The number of aromatic nitrogens is 3. The molecule has 23 heavy (non-hydrogen) atoms. The largest absolute Gasteiger partial charge is 0.469 e. The summed E-state index contributed by atoms with van der Waals surface area (Å²) in [6.07, 6.45) is 3.34. The molecule has 116 valence electrons. The number of aromatic amines is 1. The fourth-order valence-electron chi connectivity index (χ4n) is 2.27. The molecule has 1 aromatic carbocycles. The van der Waals surface area contributed by atoms with Crippen LogP contribution in [0.15, 0.2) is 47.3 Å². The predicted octanol–water partition coefficient (Wildman–Crippen LogP) is 2.29. The number of hydrogen-bond acceptors (Lipinski definition) is 5. The number of carbonyl (C=O) groups is 2. The quantitative estimate of drug-likeness (QED) is 0.557. The van der Waals surface area contributed by atoms with Crippen LogP contribution in [0.25, 0.3) is 0 Å². The van der Waals surface area contributed by atoms with Gasteiger partial charge in [0.25, 0.3) is 5.78 Å². The second-order valence-electron chi connectivity index (χ2n) is 5.28. The van der Waals surface area contributed by atoms with E-state index in [4.69, 9.17) is 4.42 Å². The van der Waals surface area contributed by atoms with E-state index in [1.807, 2.05) is 37.3 Å². The topological polar surface area (TPSA) is 88.9 Å². The minimum absolute atomic E-state index is 0.0957. The van der Waals surface area contributed by atoms with Gasteiger partial charge in [0, 0.05) is 6.42 Å². The van der Waals surface area contributed by atoms with Gasteiger partial charge in [0.05, 0.1) is 12.7 Å². The number of rotatable bonds is 6. The van der Waals surface area contributed by atoms with E-state index in [-0.39, 0.29) is 12.2 Å². The first-order chi connectivity index (χ1) is 11.1. The first-order valence-corrected chi connectivity index (χ1v) is 7.17. The summed E-state index contributed by atoms with van der Waals surface area (Å²) in [5.41, 5.74) is 3.20. The molecule has 0 bridgehead atoms. The Balaban J connectivity index is 1.72. The van der Waals surface area contributed by atoms with E-state index in [1.54, 1.807) is 0 Å². The van der Waals surface area contributed by atoms with Gasteiger partial charge < -0.3 is 4.42 Å². The van der Waals surface area contributed by atoms with Crippen molar-refractivity contribution in [2.24, 2.45) is 0 Å². The highest BCUT2D eigenvalue weighted by molar-refractivity contribution is 6.43. The predicted molar refractivity (Wildman–Crippen MR) is 82.1 cm³/mol. The third-order valence-electron chi connectivity index (χ3n) is 3.55. The molecule has 0 unspecified atom stereocenters. The molecule has 0 aliphatic heterocycles. The lowest BCUT2D eigenvalue weighted by Crippen LogP contribution is -2.18. The van der Waals surface area contributed by atoms with Crippen LogP contribution >= 0.6 is 0 Å². The molecule has 0 spiro atoms. The fourth-order valence-corrected chi connectivity index (χ4v) is 2.27. The molecule has 0 radical (unpaired) electrons. The van der Waals surface area contributed by atoms with Crippen molar-refractivity contribution in [3.05, 3.63) is 71.2 Å². The minimum atomic E-state index is -0.719. The van der Waals surface area contributed by atoms with Gasteiger partial charge in [-0.1, -0.05) is 29.8 Å². The van der Waals surface area contributed by atoms with Crippen LogP contribution in [0.1, 0.15) is 33.1 Å². The Labute approximate surface area is 132 Å². The molecule has 0 saturated heterocycles. The maximum Gasteiger partial charge on any atom is 0.268 e. The van der Waals surface area contributed by atoms with Crippen LogP contribution in [0.2, 0.25) is 0 Å². The van der Waals surface area contributed by atoms with E-state index < -0.39 is 11.6 Å². The highest BCUT2D eigenvalue weighted by Gasteiger charge is 2.22. The monoisotopic (exact) mass is 309 g/mol. The Kier molecular flexibility index (Phi) is 4.14. The van der Waals surface area contributed by atoms with E-state index in [0.29, 0.717) is 12.2 Å². The van der Waals surface area contributed by atoms with E-state index in [0.717, 1.165) is 11.1 Å². The summed E-state index contributed by atoms with van der Waals surface area (Å²) in [5.74, 6) is -0.935. The number of hydrogen-bond donors (Lipinski definition) is 1. The zero-order valence-corrected chi connectivity index (χ0v) is 12.6. The second-order valence-corrected chi connectivity index (χ2v) is 5.28. The van der Waals surface area contributed by atoms with Crippen LogP contribution in [0.4, 0.5) is 0 Å². The summed E-state index contributed by atoms with van der Waals surface area (Å²) < 4.78 is 5.38. The molecule has 3 aromatic rings. The van der Waals surface area contributed by atoms with Gasteiger partial charge >= 0.3 is 0 Å². The van der Waals surface area contributed by atoms with E-state index in [1.165, 1.54) is 18.2 Å². The summed E-state index contributed by atoms with van der Waals surface area (Å²) in [5, 5.41) is 6.04. The second kappa shape index (κ2) is 6.39. The number of furan rings is 1. The van der Waals surface area contributed by atoms with Crippen molar-refractivity contribution in [1.82, 2.24) is 15.2 Å². The average Bonchev–Trinajstić information content (AvgIpc) is 3.21. The van der Waals surface area contributed by atoms with Crippen LogP contribution in [-0.2, 0) is 17.6 Å². The van der Waals surface area contributed by atoms with Crippen LogP contribution in [0.3, 0.4) is 0 Å². The summed E-state index contributed by atoms with van der Waals surface area (Å²) in [6.45, 7) is 2.03. The molecule has 0 saturated carbocycles. The van der Waals surface area contributed by atoms with Crippen molar-refractivity contribution in [3.63, 3.8) is 0 Å². The Bertz CT molecular complexity index is 817. The van der Waals surface area contributed by atoms with Crippen LogP contribution < -0.4 is 0 Å². The van der Waals surface area contributed by atoms with E-state index in [9.17, 15) is 9.59 Å². The molecule has 1 N–H and O–H groups in total. The average molecular weight is 309 g/mol. The van der Waals surface area contributed by atoms with Crippen molar-refractivity contribution in [2.75, 3.05) is 0 Å². The SMILES string of the molecule is Cc1ccc(Cc2ccoc2CC(=O)C(=O)c2nc[nH]n2)cc1. The maximum absolute atomic E-state index is 12.1. The highest BCUT2D eigenvalue weighted by atomic mass is 16.3. The van der Waals surface area contributed by atoms with Crippen molar-refractivity contribution < 1.29 is 14.0 Å². The molecule has 2 heterocycles. The lowest BCUT2D eigenvalue weighted by atomic mass is 10.0. The number of Topliss-reactive ketones (excluding diaryl/α,β-unsaturated/α-hetero) is 2. The molecule has 3 rings (SSSR count). The van der Waals surface area contributed by atoms with Gasteiger partial charge in [0.1, 0.15) is 12.1 Å². The van der Waals surface area contributed by atoms with Gasteiger partial charge in [-0.15, -0.1) is 5.10 Å². The van der Waals surface area contributed by atoms with Gasteiger partial charge in [-0.05, 0) is 24.1 Å². The van der Waals surface area contributed by atoms with Crippen LogP contribution in [-0.4, -0.2) is 26.7 Å². The lowest BCUT2D eigenvalue weighted by molar-refractivity contribution is -0.114. The zero-order valence-electron chi connectivity index (χ0n) is 12.6. The van der Waals surface area contributed by atoms with Gasteiger partial charge in [-0.25, -0.2) is 4.98 Å². The number of ketones is 2. The maximum atomic E-state index is 12.1. The van der Waals surface area contributed by atoms with Crippen LogP contribution in [0.5, 0.6) is 0 Å². The number of benzene rings is 1. The molecule has 0 amide bonds. The smallest absolute Gasteiger partial charge is 0.268 e. The van der Waals surface area contributed by atoms with Crippen molar-refractivity contribution in [3.8, 4) is 0 Å². The Morgan fingerprint density at radius 3 is 2.65 bits per heavy atom. The first-order valence-electron chi connectivity index (χ1n) is 7.17. The Hall–Kier alpha value is -3.02. The third kappa shape index (κ3) is 3.42. The fraction of sp³-hybridized carbons (Fsp3) is 0.176. The van der Waals surface area contributed by atoms with Gasteiger partial charge in [0.2, 0.25) is 11.6 Å². The van der Waals surface area contributed by atoms with E-state index >= 15 is 0 Å². The summed E-state index contributed by atoms with van der Waals surface area (Å²) in [6, 6.07) is 9.96. The molecule has 0 atom stereocenters. The normalized spacial score (nSPS) is 10.7. The van der Waals surface area contributed by atoms with Crippen molar-refractivity contribution >= 4 is 11.6 Å². The molecular weight excluding hydrogens is 294 g/mol. The summed E-state index contributed by atoms with van der Waals surface area (Å²) in [4.78, 5) is 27.7. The van der Waals surface area contributed by atoms with Crippen molar-refractivity contribution in [2.45, 2.75) is 19.8 Å². The summed E-state index contributed by atoms with van der Waals surface area (Å²) in [7, 11) is 0. The van der Waals surface area contributed by atoms with Gasteiger partial charge in [-0.3, -0.25) is 14.7 Å². The van der Waals surface area contributed by atoms with Crippen LogP contribution in [0, 0.1) is 6.92 Å². The van der Waals surface area contributed by atoms with Gasteiger partial charge in [0.15, 0.2) is 0 Å². The zero-order chi connectivity index (χ0) is 16.2. The molecule has 0 aliphatic rings. The lowest BCUT2D eigenvalue weighted by Gasteiger charge is -2.03. The molecule has 6 heteroatoms. The number of H-pyrrole nitrogens is 1. The Morgan fingerprint density at radius 1 is 1.17 bits per heavy atom. The first kappa shape index (κ1) is 14.9. The molecule has 6 nitrogen and oxygen atoms in total. The van der Waals surface area contributed by atoms with E-state index in [2.05, 4.69) is 15.2 Å². The molecule has 0 aliphatic carbocycles. The number of nitrogens with one attached hydrogen (secondary N) is 1. The molecule has 2 aromatic heterocycles. The Morgan fingerprint density at radius 2 is 1.96 bits per heavy atom. The highest BCUT2D eigenvalue weighted by Crippen LogP contribution is 2.17. The number of carbonyl (C=O) groups excluding carboxylic acids is 2. The van der Waals surface area contributed by atoms with Gasteiger partial charge in [-0.2, -0.15) is 0 Å². The van der Waals surface area contributed by atoms with Crippen molar-refractivity contribution in [1.29, 1.82) is 0 Å². The molecule has 0 fully saturated rings. The third-order valence-corrected chi connectivity index (χ3v) is 3.55. The molecular formula is C17H15N3O3. The summed E-state index contributed by atoms with van der Waals surface area (Å²) >= 11 is 0. The standard InChI is InChI=1S/C17H15N3O3/c1-11-2-4-12(5-3-11)8-13-6-7-23-15(13)9-14(21)16(22)17-18-10-19-20-17/h2-7,10H,8-9H2,1H3,(H,18,19,20). The number of nitrogens with zero attached hydrogens (tertiary/aromatic N) is 2.